The van der Waals surface area contributed by atoms with Crippen LogP contribution in [0.4, 0.5) is 0 Å². The van der Waals surface area contributed by atoms with Crippen molar-refractivity contribution in [1.29, 1.82) is 0 Å². The first-order valence-electron chi connectivity index (χ1n) is 5.70. The minimum Gasteiger partial charge on any atom is -0.455 e. The Morgan fingerprint density at radius 1 is 1.39 bits per heavy atom. The molecule has 1 aromatic carbocycles. The molecule has 18 heavy (non-hydrogen) atoms. The van der Waals surface area contributed by atoms with Gasteiger partial charge in [0, 0.05) is 18.9 Å². The van der Waals surface area contributed by atoms with E-state index in [1.54, 1.807) is 6.07 Å². The lowest BCUT2D eigenvalue weighted by molar-refractivity contribution is -0.148. The van der Waals surface area contributed by atoms with Crippen LogP contribution in [0.15, 0.2) is 18.2 Å². The van der Waals surface area contributed by atoms with E-state index in [-0.39, 0.29) is 17.9 Å². The molecule has 1 amide bonds. The molecule has 1 N–H and O–H groups in total. The molecule has 1 aliphatic rings. The smallest absolute Gasteiger partial charge is 0.303 e. The second kappa shape index (κ2) is 4.98. The van der Waals surface area contributed by atoms with E-state index in [0.717, 1.165) is 11.1 Å². The van der Waals surface area contributed by atoms with Crippen LogP contribution in [-0.2, 0) is 20.7 Å². The lowest BCUT2D eigenvalue weighted by Gasteiger charge is -2.20. The number of amides is 1. The van der Waals surface area contributed by atoms with Crippen LogP contribution < -0.4 is 5.32 Å². The molecule has 2 unspecified atom stereocenters. The van der Waals surface area contributed by atoms with Gasteiger partial charge in [-0.25, -0.2) is 0 Å². The molecular formula is C13H14ClNO3. The van der Waals surface area contributed by atoms with Crippen LogP contribution in [-0.4, -0.2) is 17.9 Å². The number of hydrogen-bond donors (Lipinski definition) is 1. The fraction of sp³-hybridized carbons (Fsp3) is 0.385. The van der Waals surface area contributed by atoms with E-state index in [2.05, 4.69) is 5.32 Å². The summed E-state index contributed by atoms with van der Waals surface area (Å²) >= 11 is 5.94. The minimum atomic E-state index is -0.432. The van der Waals surface area contributed by atoms with Gasteiger partial charge in [-0.15, -0.1) is 0 Å². The second-order valence-electron chi connectivity index (χ2n) is 4.38. The number of hydrogen-bond acceptors (Lipinski definition) is 3. The van der Waals surface area contributed by atoms with Crippen LogP contribution in [0, 0.1) is 0 Å². The molecule has 0 aromatic heterocycles. The third-order valence-corrected chi connectivity index (χ3v) is 3.13. The zero-order chi connectivity index (χ0) is 13.3. The monoisotopic (exact) mass is 267 g/mol. The third-order valence-electron chi connectivity index (χ3n) is 2.90. The van der Waals surface area contributed by atoms with Crippen LogP contribution >= 0.6 is 11.6 Å². The molecule has 5 heteroatoms. The van der Waals surface area contributed by atoms with Crippen LogP contribution in [0.5, 0.6) is 0 Å². The number of carbonyl (C=O) groups excluding carboxylic acids is 2. The van der Waals surface area contributed by atoms with Gasteiger partial charge in [-0.1, -0.05) is 17.7 Å². The second-order valence-corrected chi connectivity index (χ2v) is 4.82. The number of ether oxygens (including phenoxy) is 1. The Balaban J connectivity index is 2.30. The predicted molar refractivity (Wildman–Crippen MR) is 67.3 cm³/mol. The molecule has 0 saturated carbocycles. The molecule has 1 aliphatic carbocycles. The van der Waals surface area contributed by atoms with Crippen molar-refractivity contribution in [2.24, 2.45) is 0 Å². The highest BCUT2D eigenvalue weighted by atomic mass is 35.5. The van der Waals surface area contributed by atoms with Gasteiger partial charge in [0.2, 0.25) is 5.91 Å². The molecule has 0 heterocycles. The quantitative estimate of drug-likeness (QED) is 0.834. The minimum absolute atomic E-state index is 0.143. The number of fused-ring (bicyclic) bond motifs is 1. The normalized spacial score (nSPS) is 21.3. The van der Waals surface area contributed by atoms with Crippen LogP contribution in [0.3, 0.4) is 0 Å². The molecule has 2 atom stereocenters. The van der Waals surface area contributed by atoms with E-state index in [1.807, 2.05) is 12.1 Å². The van der Waals surface area contributed by atoms with E-state index < -0.39 is 6.10 Å². The van der Waals surface area contributed by atoms with Gasteiger partial charge < -0.3 is 10.1 Å². The molecule has 0 fully saturated rings. The maximum absolute atomic E-state index is 11.2. The summed E-state index contributed by atoms with van der Waals surface area (Å²) < 4.78 is 5.29. The van der Waals surface area contributed by atoms with Crippen LogP contribution in [0.1, 0.15) is 31.1 Å². The van der Waals surface area contributed by atoms with Crippen molar-refractivity contribution in [3.8, 4) is 0 Å². The fourth-order valence-corrected chi connectivity index (χ4v) is 2.50. The highest BCUT2D eigenvalue weighted by Gasteiger charge is 2.35. The lowest BCUT2D eigenvalue weighted by atomic mass is 10.1. The van der Waals surface area contributed by atoms with Crippen molar-refractivity contribution in [2.45, 2.75) is 32.4 Å². The zero-order valence-corrected chi connectivity index (χ0v) is 11.0. The molecule has 2 rings (SSSR count). The van der Waals surface area contributed by atoms with Gasteiger partial charge in [-0.05, 0) is 29.7 Å². The number of nitrogens with one attached hydrogen (secondary N) is 1. The Hall–Kier alpha value is -1.55. The largest absolute Gasteiger partial charge is 0.455 e. The first-order chi connectivity index (χ1) is 8.47. The fourth-order valence-electron chi connectivity index (χ4n) is 2.30. The molecule has 0 saturated heterocycles. The number of esters is 1. The average molecular weight is 268 g/mol. The molecule has 0 bridgehead atoms. The predicted octanol–water partition coefficient (Wildman–Crippen LogP) is 2.00. The summed E-state index contributed by atoms with van der Waals surface area (Å²) in [7, 11) is 0. The molecular weight excluding hydrogens is 254 g/mol. The Morgan fingerprint density at radius 3 is 2.72 bits per heavy atom. The van der Waals surface area contributed by atoms with E-state index in [9.17, 15) is 9.59 Å². The lowest BCUT2D eigenvalue weighted by Crippen LogP contribution is -2.37. The Bertz CT molecular complexity index is 501. The maximum Gasteiger partial charge on any atom is 0.303 e. The number of carbonyl (C=O) groups is 2. The number of benzene rings is 1. The van der Waals surface area contributed by atoms with Gasteiger partial charge in [-0.2, -0.15) is 0 Å². The van der Waals surface area contributed by atoms with Gasteiger partial charge in [-0.3, -0.25) is 9.59 Å². The Kier molecular flexibility index (Phi) is 3.57. The summed E-state index contributed by atoms with van der Waals surface area (Å²) in [5, 5.41) is 3.44. The van der Waals surface area contributed by atoms with E-state index in [1.165, 1.54) is 13.8 Å². The zero-order valence-electron chi connectivity index (χ0n) is 10.2. The molecule has 0 aliphatic heterocycles. The summed E-state index contributed by atoms with van der Waals surface area (Å²) in [6, 6.07) is 5.22. The van der Waals surface area contributed by atoms with E-state index in [0.29, 0.717) is 11.4 Å². The first-order valence-corrected chi connectivity index (χ1v) is 6.08. The highest BCUT2D eigenvalue weighted by Crippen LogP contribution is 2.35. The molecule has 4 nitrogen and oxygen atoms in total. The summed E-state index contributed by atoms with van der Waals surface area (Å²) in [6.07, 6.45) is 0.187. The summed E-state index contributed by atoms with van der Waals surface area (Å²) in [6.45, 7) is 2.81. The topological polar surface area (TPSA) is 55.4 Å². The summed E-state index contributed by atoms with van der Waals surface area (Å²) in [4.78, 5) is 22.3. The SMILES string of the molecule is CC(=O)NC1Cc2cc(Cl)ccc2C1OC(C)=O. The van der Waals surface area contributed by atoms with Crippen molar-refractivity contribution in [1.82, 2.24) is 5.32 Å². The first kappa shape index (κ1) is 12.9. The molecule has 96 valence electrons. The van der Waals surface area contributed by atoms with Gasteiger partial charge in [0.05, 0.1) is 6.04 Å². The van der Waals surface area contributed by atoms with E-state index >= 15 is 0 Å². The van der Waals surface area contributed by atoms with Gasteiger partial charge in [0.1, 0.15) is 6.10 Å². The molecule has 0 radical (unpaired) electrons. The molecule has 0 spiro atoms. The van der Waals surface area contributed by atoms with Gasteiger partial charge in [0.25, 0.3) is 0 Å². The van der Waals surface area contributed by atoms with Crippen molar-refractivity contribution in [2.75, 3.05) is 0 Å². The van der Waals surface area contributed by atoms with Crippen LogP contribution in [0.2, 0.25) is 5.02 Å². The third kappa shape index (κ3) is 2.64. The Labute approximate surface area is 110 Å². The van der Waals surface area contributed by atoms with Crippen molar-refractivity contribution in [3.05, 3.63) is 34.3 Å². The number of halogens is 1. The van der Waals surface area contributed by atoms with Crippen LogP contribution in [0.25, 0.3) is 0 Å². The maximum atomic E-state index is 11.2. The highest BCUT2D eigenvalue weighted by molar-refractivity contribution is 6.30. The summed E-state index contributed by atoms with van der Waals surface area (Å²) in [5.74, 6) is -0.505. The van der Waals surface area contributed by atoms with Gasteiger partial charge >= 0.3 is 5.97 Å². The van der Waals surface area contributed by atoms with E-state index in [4.69, 9.17) is 16.3 Å². The standard InChI is InChI=1S/C13H14ClNO3/c1-7(16)15-12-6-9-5-10(14)3-4-11(9)13(12)18-8(2)17/h3-5,12-13H,6H2,1-2H3,(H,15,16). The number of rotatable bonds is 2. The van der Waals surface area contributed by atoms with Crippen molar-refractivity contribution >= 4 is 23.5 Å². The summed E-state index contributed by atoms with van der Waals surface area (Å²) in [5.41, 5.74) is 1.92. The van der Waals surface area contributed by atoms with Gasteiger partial charge in [0.15, 0.2) is 0 Å². The Morgan fingerprint density at radius 2 is 2.11 bits per heavy atom. The average Bonchev–Trinajstić information content (AvgIpc) is 2.54. The van der Waals surface area contributed by atoms with Crippen molar-refractivity contribution in [3.63, 3.8) is 0 Å². The molecule has 1 aromatic rings. The van der Waals surface area contributed by atoms with Crippen molar-refractivity contribution < 1.29 is 14.3 Å².